The smallest absolute Gasteiger partial charge is 0.444 e. The van der Waals surface area contributed by atoms with Crippen molar-refractivity contribution in [3.05, 3.63) is 12.4 Å². The van der Waals surface area contributed by atoms with Crippen LogP contribution in [0.3, 0.4) is 0 Å². The van der Waals surface area contributed by atoms with Crippen LogP contribution in [0.25, 0.3) is 0 Å². The maximum Gasteiger partial charge on any atom is 0.498 e. The zero-order valence-electron chi connectivity index (χ0n) is 26.4. The van der Waals surface area contributed by atoms with Gasteiger partial charge in [-0.2, -0.15) is 0 Å². The van der Waals surface area contributed by atoms with Gasteiger partial charge in [-0.1, -0.05) is 13.8 Å². The van der Waals surface area contributed by atoms with Crippen LogP contribution in [-0.4, -0.2) is 82.5 Å². The summed E-state index contributed by atoms with van der Waals surface area (Å²) in [6, 6.07) is -0.466. The van der Waals surface area contributed by atoms with E-state index in [0.29, 0.717) is 19.0 Å². The Hall–Kier alpha value is -2.40. The molecule has 2 aliphatic rings. The number of alkyl carbamates (subject to hydrolysis) is 1. The first-order chi connectivity index (χ1) is 18.4. The van der Waals surface area contributed by atoms with Crippen LogP contribution in [0.5, 0.6) is 0 Å². The number of likely N-dealkylation sites (tertiary alicyclic amines) is 1. The number of anilines is 1. The summed E-state index contributed by atoms with van der Waals surface area (Å²) in [4.78, 5) is 39.4. The first-order valence-electron chi connectivity index (χ1n) is 14.6. The monoisotopic (exact) mass is 559 g/mol. The number of hydrogen-bond acceptors (Lipinski definition) is 8. The van der Waals surface area contributed by atoms with Gasteiger partial charge in [0.25, 0.3) is 0 Å². The Balaban J connectivity index is 1.66. The number of aromatic nitrogens is 2. The van der Waals surface area contributed by atoms with Crippen LogP contribution in [0.4, 0.5) is 10.7 Å². The van der Waals surface area contributed by atoms with Crippen LogP contribution in [0.2, 0.25) is 0 Å². The van der Waals surface area contributed by atoms with E-state index in [1.807, 2.05) is 67.2 Å². The lowest BCUT2D eigenvalue weighted by Gasteiger charge is -2.39. The summed E-state index contributed by atoms with van der Waals surface area (Å²) in [7, 11) is -0.507. The molecule has 0 saturated carbocycles. The molecule has 3 heterocycles. The lowest BCUT2D eigenvalue weighted by molar-refractivity contribution is -0.136. The Bertz CT molecular complexity index is 1010. The number of rotatable bonds is 8. The molecule has 40 heavy (non-hydrogen) atoms. The molecule has 0 radical (unpaired) electrons. The molecule has 10 nitrogen and oxygen atoms in total. The molecule has 0 spiro atoms. The minimum absolute atomic E-state index is 0.0651. The SMILES string of the molecule is CC(C)C(NC(=O)OC(C)(C)C)C(=O)N1CCCC(CN(c2ncc(B3OC(C)(C)C(C)(C)O3)cn2)C(C)C)C1. The molecule has 1 N–H and O–H groups in total. The summed E-state index contributed by atoms with van der Waals surface area (Å²) < 4.78 is 17.7. The zero-order valence-corrected chi connectivity index (χ0v) is 26.4. The number of amides is 2. The van der Waals surface area contributed by atoms with Crippen LogP contribution in [0.1, 0.15) is 89.0 Å². The van der Waals surface area contributed by atoms with E-state index in [9.17, 15) is 9.59 Å². The topological polar surface area (TPSA) is 106 Å². The highest BCUT2D eigenvalue weighted by Crippen LogP contribution is 2.36. The van der Waals surface area contributed by atoms with Gasteiger partial charge >= 0.3 is 13.2 Å². The first-order valence-corrected chi connectivity index (χ1v) is 14.6. The molecule has 2 amide bonds. The minimum Gasteiger partial charge on any atom is -0.444 e. The van der Waals surface area contributed by atoms with Gasteiger partial charge in [0.05, 0.1) is 11.2 Å². The van der Waals surface area contributed by atoms with Crippen molar-refractivity contribution in [1.82, 2.24) is 20.2 Å². The third-order valence-electron chi connectivity index (χ3n) is 7.95. The Labute approximate surface area is 241 Å². The van der Waals surface area contributed by atoms with Gasteiger partial charge in [0.2, 0.25) is 11.9 Å². The predicted molar refractivity (Wildman–Crippen MR) is 158 cm³/mol. The molecule has 2 aliphatic heterocycles. The van der Waals surface area contributed by atoms with Crippen LogP contribution >= 0.6 is 0 Å². The van der Waals surface area contributed by atoms with Gasteiger partial charge in [0, 0.05) is 43.5 Å². The molecule has 3 rings (SSSR count). The first kappa shape index (κ1) is 32.1. The average molecular weight is 560 g/mol. The lowest BCUT2D eigenvalue weighted by Crippen LogP contribution is -2.55. The van der Waals surface area contributed by atoms with E-state index in [2.05, 4.69) is 34.0 Å². The van der Waals surface area contributed by atoms with Crippen LogP contribution in [0.15, 0.2) is 12.4 Å². The third-order valence-corrected chi connectivity index (χ3v) is 7.95. The molecule has 224 valence electrons. The third kappa shape index (κ3) is 7.87. The number of nitrogens with one attached hydrogen (secondary N) is 1. The zero-order chi connectivity index (χ0) is 30.0. The van der Waals surface area contributed by atoms with Crippen molar-refractivity contribution in [2.75, 3.05) is 24.5 Å². The molecular weight excluding hydrogens is 509 g/mol. The average Bonchev–Trinajstić information content (AvgIpc) is 3.06. The largest absolute Gasteiger partial charge is 0.498 e. The van der Waals surface area contributed by atoms with Gasteiger partial charge in [-0.05, 0) is 87.0 Å². The molecule has 0 aliphatic carbocycles. The van der Waals surface area contributed by atoms with E-state index in [1.165, 1.54) is 0 Å². The molecule has 2 saturated heterocycles. The number of nitrogens with zero attached hydrogens (tertiary/aromatic N) is 4. The number of piperidine rings is 1. The summed E-state index contributed by atoms with van der Waals surface area (Å²) in [5, 5.41) is 2.80. The van der Waals surface area contributed by atoms with Crippen molar-refractivity contribution in [2.45, 2.75) is 118 Å². The second-order valence-corrected chi connectivity index (χ2v) is 13.8. The van der Waals surface area contributed by atoms with E-state index in [0.717, 1.165) is 24.8 Å². The molecule has 2 fully saturated rings. The summed E-state index contributed by atoms with van der Waals surface area (Å²) in [5.74, 6) is 0.763. The quantitative estimate of drug-likeness (QED) is 0.480. The van der Waals surface area contributed by atoms with Crippen LogP contribution < -0.4 is 15.7 Å². The lowest BCUT2D eigenvalue weighted by atomic mass is 9.81. The molecule has 1 aromatic rings. The van der Waals surface area contributed by atoms with Gasteiger partial charge in [-0.25, -0.2) is 14.8 Å². The Kier molecular flexibility index (Phi) is 9.82. The van der Waals surface area contributed by atoms with Gasteiger partial charge in [0.15, 0.2) is 0 Å². The van der Waals surface area contributed by atoms with Crippen molar-refractivity contribution in [3.8, 4) is 0 Å². The highest BCUT2D eigenvalue weighted by Gasteiger charge is 2.52. The second-order valence-electron chi connectivity index (χ2n) is 13.8. The standard InChI is InChI=1S/C29H50BN5O5/c1-19(2)23(33-26(37)38-27(5,6)7)24(36)34-14-12-13-21(17-34)18-35(20(3)4)25-31-15-22(16-32-25)30-39-28(8,9)29(10,11)40-30/h15-16,19-21,23H,12-14,17-18H2,1-11H3,(H,33,37). The molecule has 2 atom stereocenters. The van der Waals surface area contributed by atoms with Crippen molar-refractivity contribution in [3.63, 3.8) is 0 Å². The van der Waals surface area contributed by atoms with Gasteiger partial charge in [-0.15, -0.1) is 0 Å². The highest BCUT2D eigenvalue weighted by molar-refractivity contribution is 6.61. The fourth-order valence-corrected chi connectivity index (χ4v) is 4.94. The Morgan fingerprint density at radius 1 is 1.12 bits per heavy atom. The molecule has 0 aromatic carbocycles. The number of ether oxygens (including phenoxy) is 1. The number of hydrogen-bond donors (Lipinski definition) is 1. The molecule has 2 unspecified atom stereocenters. The van der Waals surface area contributed by atoms with E-state index >= 15 is 0 Å². The van der Waals surface area contributed by atoms with E-state index in [4.69, 9.17) is 14.0 Å². The van der Waals surface area contributed by atoms with E-state index < -0.39 is 36.1 Å². The van der Waals surface area contributed by atoms with Gasteiger partial charge in [-0.3, -0.25) is 4.79 Å². The van der Waals surface area contributed by atoms with E-state index in [1.54, 1.807) is 12.4 Å². The van der Waals surface area contributed by atoms with Crippen LogP contribution in [0, 0.1) is 11.8 Å². The normalized spacial score (nSPS) is 21.5. The molecular formula is C29H50BN5O5. The van der Waals surface area contributed by atoms with Gasteiger partial charge in [0.1, 0.15) is 11.6 Å². The highest BCUT2D eigenvalue weighted by atomic mass is 16.7. The molecule has 0 bridgehead atoms. The van der Waals surface area contributed by atoms with E-state index in [-0.39, 0.29) is 23.8 Å². The Morgan fingerprint density at radius 3 is 2.20 bits per heavy atom. The van der Waals surface area contributed by atoms with Crippen molar-refractivity contribution in [1.29, 1.82) is 0 Å². The summed E-state index contributed by atoms with van der Waals surface area (Å²) in [6.45, 7) is 23.7. The van der Waals surface area contributed by atoms with Crippen molar-refractivity contribution >= 4 is 30.5 Å². The number of carbonyl (C=O) groups excluding carboxylic acids is 2. The Morgan fingerprint density at radius 2 is 1.70 bits per heavy atom. The summed E-state index contributed by atoms with van der Waals surface area (Å²) >= 11 is 0. The summed E-state index contributed by atoms with van der Waals surface area (Å²) in [5.41, 5.74) is -0.698. The van der Waals surface area contributed by atoms with Crippen molar-refractivity contribution in [2.24, 2.45) is 11.8 Å². The fourth-order valence-electron chi connectivity index (χ4n) is 4.94. The molecule has 1 aromatic heterocycles. The fraction of sp³-hybridized carbons (Fsp3) is 0.793. The number of carbonyl (C=O) groups is 2. The maximum absolute atomic E-state index is 13.5. The predicted octanol–water partition coefficient (Wildman–Crippen LogP) is 3.78. The van der Waals surface area contributed by atoms with Crippen LogP contribution in [-0.2, 0) is 18.8 Å². The minimum atomic E-state index is -0.638. The molecule has 11 heteroatoms. The summed E-state index contributed by atoms with van der Waals surface area (Å²) in [6.07, 6.45) is 4.91. The maximum atomic E-state index is 13.5. The second kappa shape index (κ2) is 12.2. The van der Waals surface area contributed by atoms with Crippen molar-refractivity contribution < 1.29 is 23.6 Å². The van der Waals surface area contributed by atoms with Gasteiger partial charge < -0.3 is 29.2 Å².